The lowest BCUT2D eigenvalue weighted by molar-refractivity contribution is 0.669. The van der Waals surface area contributed by atoms with Gasteiger partial charge in [0.2, 0.25) is 0 Å². The molecule has 0 radical (unpaired) electrons. The monoisotopic (exact) mass is 728 g/mol. The van der Waals surface area contributed by atoms with Crippen LogP contribution in [0.4, 0.5) is 17.1 Å². The molecule has 268 valence electrons. The maximum atomic E-state index is 6.66. The smallest absolute Gasteiger partial charge is 0.137 e. The van der Waals surface area contributed by atoms with Crippen molar-refractivity contribution >= 4 is 60.8 Å². The van der Waals surface area contributed by atoms with Crippen LogP contribution in [0.3, 0.4) is 0 Å². The molecule has 0 fully saturated rings. The second kappa shape index (κ2) is 13.6. The summed E-state index contributed by atoms with van der Waals surface area (Å²) in [4.78, 5) is 2.35. The van der Waals surface area contributed by atoms with Gasteiger partial charge in [-0.3, -0.25) is 0 Å². The molecule has 11 rings (SSSR count). The minimum Gasteiger partial charge on any atom is -0.456 e. The molecule has 57 heavy (non-hydrogen) atoms. The number of fused-ring (bicyclic) bond motifs is 6. The van der Waals surface area contributed by atoms with Crippen LogP contribution < -0.4 is 4.90 Å². The average Bonchev–Trinajstić information content (AvgIpc) is 3.82. The zero-order chi connectivity index (χ0) is 37.7. The molecule has 0 saturated carbocycles. The number of hydrogen-bond donors (Lipinski definition) is 0. The van der Waals surface area contributed by atoms with Gasteiger partial charge < -0.3 is 13.9 Å². The van der Waals surface area contributed by atoms with Crippen molar-refractivity contribution in [2.45, 2.75) is 0 Å². The lowest BCUT2D eigenvalue weighted by Gasteiger charge is -2.27. The van der Waals surface area contributed by atoms with E-state index in [9.17, 15) is 0 Å². The number of para-hydroxylation sites is 3. The summed E-state index contributed by atoms with van der Waals surface area (Å²) >= 11 is 0. The number of hydrogen-bond acceptors (Lipinski definition) is 2. The first-order valence-corrected chi connectivity index (χ1v) is 19.4. The molecule has 0 spiro atoms. The molecule has 0 bridgehead atoms. The predicted molar refractivity (Wildman–Crippen MR) is 239 cm³/mol. The normalized spacial score (nSPS) is 11.5. The first kappa shape index (κ1) is 32.8. The molecule has 2 heterocycles. The van der Waals surface area contributed by atoms with Crippen molar-refractivity contribution < 1.29 is 4.42 Å². The summed E-state index contributed by atoms with van der Waals surface area (Å²) in [6, 6.07) is 78.1. The van der Waals surface area contributed by atoms with E-state index in [1.54, 1.807) is 0 Å². The molecule has 0 aliphatic heterocycles. The van der Waals surface area contributed by atoms with Crippen LogP contribution in [-0.2, 0) is 0 Å². The summed E-state index contributed by atoms with van der Waals surface area (Å²) in [5.74, 6) is 0. The molecule has 0 aliphatic carbocycles. The van der Waals surface area contributed by atoms with Gasteiger partial charge in [-0.2, -0.15) is 0 Å². The van der Waals surface area contributed by atoms with Crippen LogP contribution >= 0.6 is 0 Å². The van der Waals surface area contributed by atoms with Crippen molar-refractivity contribution in [1.82, 2.24) is 4.57 Å². The van der Waals surface area contributed by atoms with Crippen molar-refractivity contribution in [3.8, 4) is 39.1 Å². The number of rotatable bonds is 7. The van der Waals surface area contributed by atoms with E-state index in [-0.39, 0.29) is 0 Å². The minimum atomic E-state index is 0.852. The number of nitrogens with zero attached hydrogens (tertiary/aromatic N) is 2. The summed E-state index contributed by atoms with van der Waals surface area (Å²) in [6.07, 6.45) is 0. The maximum Gasteiger partial charge on any atom is 0.137 e. The molecule has 3 nitrogen and oxygen atoms in total. The van der Waals surface area contributed by atoms with Crippen molar-refractivity contribution in [3.05, 3.63) is 218 Å². The van der Waals surface area contributed by atoms with Gasteiger partial charge in [0.1, 0.15) is 11.2 Å². The average molecular weight is 729 g/mol. The number of furan rings is 1. The first-order chi connectivity index (χ1) is 28.3. The Balaban J connectivity index is 1.08. The van der Waals surface area contributed by atoms with Crippen molar-refractivity contribution in [3.63, 3.8) is 0 Å². The summed E-state index contributed by atoms with van der Waals surface area (Å²) < 4.78 is 9.07. The highest BCUT2D eigenvalue weighted by molar-refractivity contribution is 6.10. The highest BCUT2D eigenvalue weighted by Crippen LogP contribution is 2.43. The molecule has 9 aromatic carbocycles. The Kier molecular flexibility index (Phi) is 7.82. The summed E-state index contributed by atoms with van der Waals surface area (Å²) in [7, 11) is 0. The topological polar surface area (TPSA) is 21.3 Å². The van der Waals surface area contributed by atoms with Gasteiger partial charge in [-0.05, 0) is 94.5 Å². The van der Waals surface area contributed by atoms with Gasteiger partial charge >= 0.3 is 0 Å². The Hall–Kier alpha value is -7.62. The van der Waals surface area contributed by atoms with Gasteiger partial charge in [-0.15, -0.1) is 0 Å². The Labute approximate surface area is 330 Å². The third kappa shape index (κ3) is 5.68. The zero-order valence-corrected chi connectivity index (χ0v) is 31.1. The zero-order valence-electron chi connectivity index (χ0n) is 31.1. The molecule has 2 aromatic heterocycles. The van der Waals surface area contributed by atoms with Crippen molar-refractivity contribution in [2.24, 2.45) is 0 Å². The quantitative estimate of drug-likeness (QED) is 0.163. The largest absolute Gasteiger partial charge is 0.456 e. The van der Waals surface area contributed by atoms with Gasteiger partial charge in [0.25, 0.3) is 0 Å². The summed E-state index contributed by atoms with van der Waals surface area (Å²) in [6.45, 7) is 0. The van der Waals surface area contributed by atoms with E-state index in [0.29, 0.717) is 0 Å². The maximum absolute atomic E-state index is 6.66. The minimum absolute atomic E-state index is 0.852. The molecule has 0 N–H and O–H groups in total. The standard InChI is InChI=1S/C54H36N2O/c1-3-15-37(16-4-1)39-19-13-21-42(33-39)55(44-30-32-49-48-31-29-40(38-17-5-2-6-18-38)35-53(48)57-54(49)36-44)43-22-14-20-41(34-43)45-23-7-10-26-50(45)56-51-27-11-8-24-46(51)47-25-9-12-28-52(47)56/h1-36H. The molecule has 0 unspecified atom stereocenters. The van der Waals surface area contributed by atoms with Gasteiger partial charge in [-0.1, -0.05) is 146 Å². The Morgan fingerprint density at radius 1 is 0.316 bits per heavy atom. The molecule has 0 amide bonds. The van der Waals surface area contributed by atoms with Crippen molar-refractivity contribution in [1.29, 1.82) is 0 Å². The van der Waals surface area contributed by atoms with Crippen LogP contribution in [0.5, 0.6) is 0 Å². The van der Waals surface area contributed by atoms with Crippen LogP contribution in [0.15, 0.2) is 223 Å². The Bertz CT molecular complexity index is 3190. The van der Waals surface area contributed by atoms with Gasteiger partial charge in [0.05, 0.1) is 16.7 Å². The second-order valence-corrected chi connectivity index (χ2v) is 14.5. The van der Waals surface area contributed by atoms with Crippen LogP contribution in [0.2, 0.25) is 0 Å². The molecule has 0 aliphatic rings. The molecule has 0 atom stereocenters. The number of anilines is 3. The highest BCUT2D eigenvalue weighted by Gasteiger charge is 2.19. The van der Waals surface area contributed by atoms with Gasteiger partial charge in [0.15, 0.2) is 0 Å². The van der Waals surface area contributed by atoms with E-state index in [4.69, 9.17) is 4.42 Å². The van der Waals surface area contributed by atoms with Crippen LogP contribution in [-0.4, -0.2) is 4.57 Å². The van der Waals surface area contributed by atoms with Crippen LogP contribution in [0, 0.1) is 0 Å². The number of aromatic nitrogens is 1. The lowest BCUT2D eigenvalue weighted by Crippen LogP contribution is -2.10. The van der Waals surface area contributed by atoms with E-state index in [1.165, 1.54) is 32.9 Å². The van der Waals surface area contributed by atoms with Crippen LogP contribution in [0.1, 0.15) is 0 Å². The molecule has 11 aromatic rings. The van der Waals surface area contributed by atoms with E-state index in [2.05, 4.69) is 222 Å². The third-order valence-corrected chi connectivity index (χ3v) is 11.2. The lowest BCUT2D eigenvalue weighted by atomic mass is 10.0. The third-order valence-electron chi connectivity index (χ3n) is 11.2. The Morgan fingerprint density at radius 3 is 1.49 bits per heavy atom. The first-order valence-electron chi connectivity index (χ1n) is 19.4. The molecule has 0 saturated heterocycles. The summed E-state index contributed by atoms with van der Waals surface area (Å²) in [5, 5.41) is 4.70. The predicted octanol–water partition coefficient (Wildman–Crippen LogP) is 15.2. The Morgan fingerprint density at radius 2 is 0.807 bits per heavy atom. The molecular weight excluding hydrogens is 693 g/mol. The van der Waals surface area contributed by atoms with E-state index >= 15 is 0 Å². The fourth-order valence-electron chi connectivity index (χ4n) is 8.52. The fraction of sp³-hybridized carbons (Fsp3) is 0. The molecular formula is C54H36N2O. The van der Waals surface area contributed by atoms with E-state index in [0.717, 1.165) is 66.9 Å². The summed E-state index contributed by atoms with van der Waals surface area (Å²) in [5.41, 5.74) is 15.3. The second-order valence-electron chi connectivity index (χ2n) is 14.5. The number of benzene rings is 9. The van der Waals surface area contributed by atoms with Crippen LogP contribution in [0.25, 0.3) is 82.8 Å². The van der Waals surface area contributed by atoms with Crippen molar-refractivity contribution in [2.75, 3.05) is 4.90 Å². The SMILES string of the molecule is c1ccc(-c2cccc(N(c3cccc(-c4ccccc4-n4c5ccccc5c5ccccc54)c3)c3ccc4c(c3)oc3cc(-c5ccccc5)ccc34)c2)cc1. The van der Waals surface area contributed by atoms with E-state index in [1.807, 2.05) is 6.07 Å². The van der Waals surface area contributed by atoms with Gasteiger partial charge in [0, 0.05) is 50.2 Å². The molecule has 3 heteroatoms. The van der Waals surface area contributed by atoms with E-state index < -0.39 is 0 Å². The fourth-order valence-corrected chi connectivity index (χ4v) is 8.52. The highest BCUT2D eigenvalue weighted by atomic mass is 16.3. The van der Waals surface area contributed by atoms with Gasteiger partial charge in [-0.25, -0.2) is 0 Å².